The van der Waals surface area contributed by atoms with Crippen LogP contribution in [0.1, 0.15) is 72.6 Å². The van der Waals surface area contributed by atoms with Crippen molar-refractivity contribution in [1.82, 2.24) is 20.0 Å². The predicted octanol–water partition coefficient (Wildman–Crippen LogP) is 2.89. The molecule has 0 bridgehead atoms. The number of nitrogens with one attached hydrogen (secondary N) is 1. The first kappa shape index (κ1) is 14.9. The monoisotopic (exact) mass is 339 g/mol. The van der Waals surface area contributed by atoms with Crippen LogP contribution in [0.15, 0.2) is 22.9 Å². The Morgan fingerprint density at radius 3 is 2.80 bits per heavy atom. The maximum absolute atomic E-state index is 12.9. The van der Waals surface area contributed by atoms with Gasteiger partial charge in [0.2, 0.25) is 5.89 Å². The molecule has 3 aliphatic rings. The summed E-state index contributed by atoms with van der Waals surface area (Å²) in [6, 6.07) is 4.20. The van der Waals surface area contributed by atoms with Gasteiger partial charge in [0.25, 0.3) is 5.91 Å². The number of rotatable bonds is 5. The largest absolute Gasteiger partial charge is 0.367 e. The Balaban J connectivity index is 1.32. The normalized spacial score (nSPS) is 23.0. The summed E-state index contributed by atoms with van der Waals surface area (Å²) < 4.78 is 5.37. The molecule has 5 rings (SSSR count). The topological polar surface area (TPSA) is 84.2 Å². The van der Waals surface area contributed by atoms with Gasteiger partial charge in [-0.1, -0.05) is 5.16 Å². The third-order valence-electron chi connectivity index (χ3n) is 5.14. The van der Waals surface area contributed by atoms with Crippen LogP contribution in [-0.2, 0) is 0 Å². The van der Waals surface area contributed by atoms with E-state index >= 15 is 0 Å². The molecule has 3 heterocycles. The van der Waals surface area contributed by atoms with Gasteiger partial charge in [0, 0.05) is 24.7 Å². The van der Waals surface area contributed by atoms with Crippen molar-refractivity contribution in [2.75, 3.05) is 11.9 Å². The number of aromatic nitrogens is 3. The highest BCUT2D eigenvalue weighted by molar-refractivity contribution is 5.94. The summed E-state index contributed by atoms with van der Waals surface area (Å²) in [5.41, 5.74) is 0.610. The molecule has 3 fully saturated rings. The fourth-order valence-corrected chi connectivity index (χ4v) is 3.37. The minimum absolute atomic E-state index is 0.00857. The van der Waals surface area contributed by atoms with Gasteiger partial charge in [0.05, 0.1) is 11.6 Å². The molecule has 25 heavy (non-hydrogen) atoms. The number of amides is 1. The van der Waals surface area contributed by atoms with Crippen molar-refractivity contribution < 1.29 is 9.32 Å². The highest BCUT2D eigenvalue weighted by atomic mass is 16.5. The summed E-state index contributed by atoms with van der Waals surface area (Å²) in [4.78, 5) is 23.7. The van der Waals surface area contributed by atoms with Crippen LogP contribution in [0.4, 0.5) is 5.82 Å². The lowest BCUT2D eigenvalue weighted by Gasteiger charge is -2.22. The molecule has 2 aliphatic carbocycles. The molecule has 130 valence electrons. The number of anilines is 1. The van der Waals surface area contributed by atoms with Gasteiger partial charge < -0.3 is 14.7 Å². The van der Waals surface area contributed by atoms with Gasteiger partial charge >= 0.3 is 0 Å². The van der Waals surface area contributed by atoms with E-state index in [0.717, 1.165) is 43.9 Å². The second-order valence-corrected chi connectivity index (χ2v) is 7.27. The Hall–Kier alpha value is -2.44. The van der Waals surface area contributed by atoms with E-state index in [0.29, 0.717) is 23.3 Å². The fourth-order valence-electron chi connectivity index (χ4n) is 3.37. The second kappa shape index (κ2) is 5.82. The van der Waals surface area contributed by atoms with Crippen LogP contribution in [0.2, 0.25) is 0 Å². The van der Waals surface area contributed by atoms with E-state index in [4.69, 9.17) is 4.52 Å². The van der Waals surface area contributed by atoms with Crippen LogP contribution in [0.25, 0.3) is 0 Å². The van der Waals surface area contributed by atoms with E-state index in [1.54, 1.807) is 6.20 Å². The summed E-state index contributed by atoms with van der Waals surface area (Å²) in [5.74, 6) is 2.64. The van der Waals surface area contributed by atoms with Gasteiger partial charge in [0.15, 0.2) is 5.82 Å². The molecule has 1 N–H and O–H groups in total. The number of carbonyl (C=O) groups is 1. The van der Waals surface area contributed by atoms with Gasteiger partial charge in [-0.05, 0) is 50.7 Å². The Kier molecular flexibility index (Phi) is 3.46. The van der Waals surface area contributed by atoms with E-state index in [9.17, 15) is 4.79 Å². The molecule has 1 amide bonds. The SMILES string of the molecule is O=C(c1ccc(NC2CC2)nc1)N1CCC[C@@H]1c1noc(C2CC2)n1. The number of hydrogen-bond acceptors (Lipinski definition) is 6. The molecule has 0 radical (unpaired) electrons. The quantitative estimate of drug-likeness (QED) is 0.902. The summed E-state index contributed by atoms with van der Waals surface area (Å²) in [7, 11) is 0. The molecule has 1 saturated heterocycles. The molecule has 7 nitrogen and oxygen atoms in total. The summed E-state index contributed by atoms with van der Waals surface area (Å²) in [5, 5.41) is 7.47. The van der Waals surface area contributed by atoms with Crippen molar-refractivity contribution in [3.8, 4) is 0 Å². The number of nitrogens with zero attached hydrogens (tertiary/aromatic N) is 4. The number of carbonyl (C=O) groups excluding carboxylic acids is 1. The molecule has 7 heteroatoms. The standard InChI is InChI=1S/C18H21N5O2/c24-18(12-5-8-15(19-10-12)20-13-6-7-13)23-9-1-2-14(23)16-21-17(25-22-16)11-3-4-11/h5,8,10-11,13-14H,1-4,6-7,9H2,(H,19,20)/t14-/m1/s1. The minimum atomic E-state index is -0.0898. The van der Waals surface area contributed by atoms with E-state index < -0.39 is 0 Å². The van der Waals surface area contributed by atoms with E-state index in [-0.39, 0.29) is 11.9 Å². The predicted molar refractivity (Wildman–Crippen MR) is 90.2 cm³/mol. The second-order valence-electron chi connectivity index (χ2n) is 7.27. The number of pyridine rings is 1. The Morgan fingerprint density at radius 1 is 1.20 bits per heavy atom. The number of likely N-dealkylation sites (tertiary alicyclic amines) is 1. The van der Waals surface area contributed by atoms with Crippen molar-refractivity contribution in [1.29, 1.82) is 0 Å². The Labute approximate surface area is 145 Å². The molecule has 0 aromatic carbocycles. The molecular formula is C18H21N5O2. The van der Waals surface area contributed by atoms with E-state index in [1.165, 1.54) is 12.8 Å². The molecule has 1 atom stereocenters. The lowest BCUT2D eigenvalue weighted by molar-refractivity contribution is 0.0728. The van der Waals surface area contributed by atoms with Gasteiger partial charge in [-0.2, -0.15) is 4.98 Å². The maximum atomic E-state index is 12.9. The van der Waals surface area contributed by atoms with Crippen molar-refractivity contribution >= 4 is 11.7 Å². The minimum Gasteiger partial charge on any atom is -0.367 e. The number of hydrogen-bond donors (Lipinski definition) is 1. The Morgan fingerprint density at radius 2 is 2.08 bits per heavy atom. The third kappa shape index (κ3) is 2.99. The van der Waals surface area contributed by atoms with Gasteiger partial charge in [0.1, 0.15) is 5.82 Å². The molecule has 2 saturated carbocycles. The molecule has 1 aliphatic heterocycles. The van der Waals surface area contributed by atoms with E-state index in [2.05, 4.69) is 20.4 Å². The lowest BCUT2D eigenvalue weighted by Crippen LogP contribution is -2.31. The lowest BCUT2D eigenvalue weighted by atomic mass is 10.2. The van der Waals surface area contributed by atoms with Crippen LogP contribution >= 0.6 is 0 Å². The molecule has 2 aromatic heterocycles. The molecular weight excluding hydrogens is 318 g/mol. The first-order chi connectivity index (χ1) is 12.3. The third-order valence-corrected chi connectivity index (χ3v) is 5.14. The zero-order valence-corrected chi connectivity index (χ0v) is 14.0. The zero-order chi connectivity index (χ0) is 16.8. The highest BCUT2D eigenvalue weighted by Crippen LogP contribution is 2.40. The van der Waals surface area contributed by atoms with Crippen molar-refractivity contribution in [3.05, 3.63) is 35.6 Å². The fraction of sp³-hybridized carbons (Fsp3) is 0.556. The first-order valence-electron chi connectivity index (χ1n) is 9.15. The molecule has 2 aromatic rings. The maximum Gasteiger partial charge on any atom is 0.256 e. The first-order valence-corrected chi connectivity index (χ1v) is 9.15. The zero-order valence-electron chi connectivity index (χ0n) is 14.0. The van der Waals surface area contributed by atoms with Gasteiger partial charge in [-0.3, -0.25) is 4.79 Å². The summed E-state index contributed by atoms with van der Waals surface area (Å²) >= 11 is 0. The van der Waals surface area contributed by atoms with Crippen LogP contribution < -0.4 is 5.32 Å². The van der Waals surface area contributed by atoms with Crippen molar-refractivity contribution in [2.45, 2.75) is 56.5 Å². The van der Waals surface area contributed by atoms with Crippen molar-refractivity contribution in [3.63, 3.8) is 0 Å². The smallest absolute Gasteiger partial charge is 0.256 e. The molecule has 0 unspecified atom stereocenters. The van der Waals surface area contributed by atoms with Crippen LogP contribution in [0, 0.1) is 0 Å². The highest BCUT2D eigenvalue weighted by Gasteiger charge is 2.36. The van der Waals surface area contributed by atoms with Crippen LogP contribution in [0.5, 0.6) is 0 Å². The average Bonchev–Trinajstić information content (AvgIpc) is 3.54. The molecule has 0 spiro atoms. The van der Waals surface area contributed by atoms with E-state index in [1.807, 2.05) is 17.0 Å². The van der Waals surface area contributed by atoms with Crippen LogP contribution in [-0.4, -0.2) is 38.5 Å². The Bertz CT molecular complexity index is 779. The van der Waals surface area contributed by atoms with Crippen molar-refractivity contribution in [2.24, 2.45) is 0 Å². The van der Waals surface area contributed by atoms with Gasteiger partial charge in [-0.15, -0.1) is 0 Å². The summed E-state index contributed by atoms with van der Waals surface area (Å²) in [6.07, 6.45) is 8.15. The summed E-state index contributed by atoms with van der Waals surface area (Å²) in [6.45, 7) is 0.721. The van der Waals surface area contributed by atoms with Gasteiger partial charge in [-0.25, -0.2) is 4.98 Å². The van der Waals surface area contributed by atoms with Crippen LogP contribution in [0.3, 0.4) is 0 Å². The average molecular weight is 339 g/mol.